The lowest BCUT2D eigenvalue weighted by Gasteiger charge is -2.07. The van der Waals surface area contributed by atoms with Crippen molar-refractivity contribution in [3.8, 4) is 0 Å². The molecule has 0 saturated heterocycles. The van der Waals surface area contributed by atoms with Crippen molar-refractivity contribution in [2.45, 2.75) is 13.3 Å². The van der Waals surface area contributed by atoms with Crippen LogP contribution in [0, 0.1) is 12.7 Å². The van der Waals surface area contributed by atoms with E-state index in [9.17, 15) is 18.0 Å². The minimum Gasteiger partial charge on any atom is -0.346 e. The lowest BCUT2D eigenvalue weighted by atomic mass is 10.1. The topological polar surface area (TPSA) is 29.1 Å². The van der Waals surface area contributed by atoms with Gasteiger partial charge in [0.05, 0.1) is 12.1 Å². The fourth-order valence-electron chi connectivity index (χ4n) is 1.09. The Bertz CT molecular complexity index is 409. The van der Waals surface area contributed by atoms with Crippen molar-refractivity contribution in [3.63, 3.8) is 0 Å². The Morgan fingerprint density at radius 1 is 1.50 bits per heavy atom. The molecular weight excluding hydrogens is 287 g/mol. The SMILES string of the molecule is Cc1cc(Br)c(C(=O)NCC(F)F)cc1F. The molecule has 0 radical (unpaired) electrons. The van der Waals surface area contributed by atoms with Crippen LogP contribution in [0.15, 0.2) is 16.6 Å². The summed E-state index contributed by atoms with van der Waals surface area (Å²) in [7, 11) is 0. The highest BCUT2D eigenvalue weighted by molar-refractivity contribution is 9.10. The van der Waals surface area contributed by atoms with E-state index in [-0.39, 0.29) is 5.56 Å². The number of carbonyl (C=O) groups is 1. The third-order valence-electron chi connectivity index (χ3n) is 1.91. The van der Waals surface area contributed by atoms with Crippen LogP contribution in [0.1, 0.15) is 15.9 Å². The number of halogens is 4. The molecule has 0 aliphatic carbocycles. The van der Waals surface area contributed by atoms with Crippen LogP contribution in [-0.2, 0) is 0 Å². The van der Waals surface area contributed by atoms with Gasteiger partial charge in [0, 0.05) is 4.47 Å². The first-order chi connectivity index (χ1) is 7.41. The highest BCUT2D eigenvalue weighted by Crippen LogP contribution is 2.20. The average Bonchev–Trinajstić information content (AvgIpc) is 2.20. The number of benzene rings is 1. The maximum Gasteiger partial charge on any atom is 0.255 e. The minimum atomic E-state index is -2.63. The van der Waals surface area contributed by atoms with E-state index in [4.69, 9.17) is 0 Å². The van der Waals surface area contributed by atoms with Crippen LogP contribution in [0.4, 0.5) is 13.2 Å². The number of carbonyl (C=O) groups excluding carboxylic acids is 1. The Morgan fingerprint density at radius 3 is 2.69 bits per heavy atom. The number of rotatable bonds is 3. The first kappa shape index (κ1) is 13.0. The van der Waals surface area contributed by atoms with E-state index in [2.05, 4.69) is 15.9 Å². The first-order valence-electron chi connectivity index (χ1n) is 4.44. The molecule has 1 aromatic rings. The maximum absolute atomic E-state index is 13.2. The van der Waals surface area contributed by atoms with Gasteiger partial charge in [-0.25, -0.2) is 13.2 Å². The van der Waals surface area contributed by atoms with E-state index in [0.717, 1.165) is 6.07 Å². The molecule has 1 rings (SSSR count). The van der Waals surface area contributed by atoms with Gasteiger partial charge in [-0.15, -0.1) is 0 Å². The molecule has 0 atom stereocenters. The number of aryl methyl sites for hydroxylation is 1. The monoisotopic (exact) mass is 295 g/mol. The zero-order valence-corrected chi connectivity index (χ0v) is 9.95. The van der Waals surface area contributed by atoms with Gasteiger partial charge in [0.2, 0.25) is 0 Å². The second-order valence-electron chi connectivity index (χ2n) is 3.18. The molecule has 0 aliphatic rings. The van der Waals surface area contributed by atoms with Crippen LogP contribution >= 0.6 is 15.9 Å². The Labute approximate surface area is 99.0 Å². The maximum atomic E-state index is 13.2. The summed E-state index contributed by atoms with van der Waals surface area (Å²) in [5.74, 6) is -1.28. The van der Waals surface area contributed by atoms with Crippen LogP contribution in [0.25, 0.3) is 0 Å². The molecule has 6 heteroatoms. The van der Waals surface area contributed by atoms with Crippen molar-refractivity contribution in [1.82, 2.24) is 5.32 Å². The number of amides is 1. The Morgan fingerprint density at radius 2 is 2.12 bits per heavy atom. The van der Waals surface area contributed by atoms with Gasteiger partial charge in [0.1, 0.15) is 5.82 Å². The molecule has 0 saturated carbocycles. The third kappa shape index (κ3) is 3.23. The molecule has 0 aliphatic heterocycles. The first-order valence-corrected chi connectivity index (χ1v) is 5.23. The number of hydrogen-bond acceptors (Lipinski definition) is 1. The highest BCUT2D eigenvalue weighted by Gasteiger charge is 2.14. The van der Waals surface area contributed by atoms with Crippen molar-refractivity contribution >= 4 is 21.8 Å². The average molecular weight is 296 g/mol. The summed E-state index contributed by atoms with van der Waals surface area (Å²) in [6, 6.07) is 2.44. The van der Waals surface area contributed by atoms with E-state index in [1.807, 2.05) is 5.32 Å². The van der Waals surface area contributed by atoms with Crippen molar-refractivity contribution in [3.05, 3.63) is 33.5 Å². The Hall–Kier alpha value is -1.04. The summed E-state index contributed by atoms with van der Waals surface area (Å²) in [6.45, 7) is 0.793. The molecule has 16 heavy (non-hydrogen) atoms. The van der Waals surface area contributed by atoms with Crippen molar-refractivity contribution < 1.29 is 18.0 Å². The molecule has 1 N–H and O–H groups in total. The zero-order valence-electron chi connectivity index (χ0n) is 8.36. The molecule has 1 amide bonds. The lowest BCUT2D eigenvalue weighted by Crippen LogP contribution is -2.28. The molecule has 0 heterocycles. The third-order valence-corrected chi connectivity index (χ3v) is 2.57. The number of hydrogen-bond donors (Lipinski definition) is 1. The predicted molar refractivity (Wildman–Crippen MR) is 57.2 cm³/mol. The van der Waals surface area contributed by atoms with Crippen LogP contribution < -0.4 is 5.32 Å². The second-order valence-corrected chi connectivity index (χ2v) is 4.04. The summed E-state index contributed by atoms with van der Waals surface area (Å²) in [5.41, 5.74) is 0.376. The Kier molecular flexibility index (Phi) is 4.35. The molecular formula is C10H9BrF3NO. The fourth-order valence-corrected chi connectivity index (χ4v) is 1.72. The smallest absolute Gasteiger partial charge is 0.255 e. The fraction of sp³-hybridized carbons (Fsp3) is 0.300. The normalized spacial score (nSPS) is 10.6. The van der Waals surface area contributed by atoms with Crippen LogP contribution in [0.5, 0.6) is 0 Å². The van der Waals surface area contributed by atoms with Gasteiger partial charge in [-0.3, -0.25) is 4.79 Å². The summed E-state index contributed by atoms with van der Waals surface area (Å²) < 4.78 is 37.3. The molecule has 0 spiro atoms. The van der Waals surface area contributed by atoms with Crippen molar-refractivity contribution in [2.75, 3.05) is 6.54 Å². The standard InChI is InChI=1S/C10H9BrF3NO/c1-5-2-7(11)6(3-8(5)12)10(16)15-4-9(13)14/h2-3,9H,4H2,1H3,(H,15,16). The van der Waals surface area contributed by atoms with Crippen molar-refractivity contribution in [1.29, 1.82) is 0 Å². The minimum absolute atomic E-state index is 0.00347. The van der Waals surface area contributed by atoms with Gasteiger partial charge >= 0.3 is 0 Å². The predicted octanol–water partition coefficient (Wildman–Crippen LogP) is 2.89. The molecule has 0 bridgehead atoms. The van der Waals surface area contributed by atoms with E-state index in [0.29, 0.717) is 10.0 Å². The molecule has 0 unspecified atom stereocenters. The Balaban J connectivity index is 2.87. The van der Waals surface area contributed by atoms with Crippen LogP contribution in [-0.4, -0.2) is 18.9 Å². The van der Waals surface area contributed by atoms with Gasteiger partial charge < -0.3 is 5.32 Å². The quantitative estimate of drug-likeness (QED) is 0.913. The van der Waals surface area contributed by atoms with Crippen molar-refractivity contribution in [2.24, 2.45) is 0 Å². The molecule has 2 nitrogen and oxygen atoms in total. The number of nitrogens with one attached hydrogen (secondary N) is 1. The van der Waals surface area contributed by atoms with Gasteiger partial charge in [0.15, 0.2) is 0 Å². The van der Waals surface area contributed by atoms with Gasteiger partial charge in [-0.2, -0.15) is 0 Å². The van der Waals surface area contributed by atoms with Gasteiger partial charge in [-0.1, -0.05) is 0 Å². The lowest BCUT2D eigenvalue weighted by molar-refractivity contribution is 0.0890. The van der Waals surface area contributed by atoms with E-state index < -0.39 is 24.7 Å². The van der Waals surface area contributed by atoms with E-state index in [1.165, 1.54) is 6.07 Å². The highest BCUT2D eigenvalue weighted by atomic mass is 79.9. The molecule has 0 fully saturated rings. The second kappa shape index (κ2) is 5.34. The summed E-state index contributed by atoms with van der Waals surface area (Å²) >= 11 is 3.07. The van der Waals surface area contributed by atoms with Crippen LogP contribution in [0.2, 0.25) is 0 Å². The number of alkyl halides is 2. The largest absolute Gasteiger partial charge is 0.346 e. The van der Waals surface area contributed by atoms with E-state index >= 15 is 0 Å². The van der Waals surface area contributed by atoms with E-state index in [1.54, 1.807) is 6.92 Å². The molecule has 1 aromatic carbocycles. The van der Waals surface area contributed by atoms with Gasteiger partial charge in [-0.05, 0) is 40.5 Å². The summed E-state index contributed by atoms with van der Waals surface area (Å²) in [5, 5.41) is 2.00. The zero-order chi connectivity index (χ0) is 12.3. The van der Waals surface area contributed by atoms with Gasteiger partial charge in [0.25, 0.3) is 12.3 Å². The van der Waals surface area contributed by atoms with Crippen LogP contribution in [0.3, 0.4) is 0 Å². The molecule has 88 valence electrons. The molecule has 0 aromatic heterocycles. The summed E-state index contributed by atoms with van der Waals surface area (Å²) in [4.78, 5) is 11.4. The summed E-state index contributed by atoms with van der Waals surface area (Å²) in [6.07, 6.45) is -2.63.